The second-order valence-electron chi connectivity index (χ2n) is 7.17. The number of carbonyl (C=O) groups excluding carboxylic acids is 1. The number of rotatable bonds is 8. The number of hydrogen-bond acceptors (Lipinski definition) is 4. The molecule has 0 aliphatic carbocycles. The van der Waals surface area contributed by atoms with Crippen LogP contribution in [0, 0.1) is 12.7 Å². The predicted molar refractivity (Wildman–Crippen MR) is 114 cm³/mol. The molecule has 0 aromatic heterocycles. The summed E-state index contributed by atoms with van der Waals surface area (Å²) in [6, 6.07) is 19.1. The van der Waals surface area contributed by atoms with Crippen LogP contribution < -0.4 is 4.74 Å². The molecule has 0 amide bonds. The summed E-state index contributed by atoms with van der Waals surface area (Å²) >= 11 is 0. The van der Waals surface area contributed by atoms with Gasteiger partial charge in [-0.2, -0.15) is 0 Å². The van der Waals surface area contributed by atoms with Gasteiger partial charge in [0.1, 0.15) is 18.2 Å². The van der Waals surface area contributed by atoms with Crippen LogP contribution in [-0.4, -0.2) is 23.8 Å². The van der Waals surface area contributed by atoms with E-state index in [0.29, 0.717) is 23.3 Å². The number of carbonyl (C=O) groups is 1. The molecule has 0 saturated carbocycles. The highest BCUT2D eigenvalue weighted by atomic mass is 19.1. The Kier molecular flexibility index (Phi) is 7.20. The Morgan fingerprint density at radius 1 is 1.07 bits per heavy atom. The molecule has 0 fully saturated rings. The Labute approximate surface area is 175 Å². The van der Waals surface area contributed by atoms with Crippen molar-refractivity contribution in [3.05, 3.63) is 89.2 Å². The lowest BCUT2D eigenvalue weighted by atomic mass is 9.99. The minimum absolute atomic E-state index is 0.0105. The lowest BCUT2D eigenvalue weighted by Crippen LogP contribution is -2.14. The van der Waals surface area contributed by atoms with E-state index in [9.17, 15) is 9.18 Å². The molecule has 0 radical (unpaired) electrons. The third kappa shape index (κ3) is 5.45. The van der Waals surface area contributed by atoms with E-state index in [-0.39, 0.29) is 25.1 Å². The molecular formula is C25H25FO4. The lowest BCUT2D eigenvalue weighted by Gasteiger charge is -2.17. The van der Waals surface area contributed by atoms with Crippen LogP contribution in [0.1, 0.15) is 34.8 Å². The molecule has 3 rings (SSSR count). The van der Waals surface area contributed by atoms with Crippen molar-refractivity contribution in [3.8, 4) is 16.9 Å². The van der Waals surface area contributed by atoms with Gasteiger partial charge in [-0.15, -0.1) is 0 Å². The van der Waals surface area contributed by atoms with Crippen LogP contribution in [-0.2, 0) is 11.3 Å². The quantitative estimate of drug-likeness (QED) is 0.514. The fraction of sp³-hybridized carbons (Fsp3) is 0.240. The molecule has 3 aromatic carbocycles. The molecule has 5 heteroatoms. The monoisotopic (exact) mass is 408 g/mol. The van der Waals surface area contributed by atoms with Gasteiger partial charge >= 0.3 is 5.97 Å². The fourth-order valence-electron chi connectivity index (χ4n) is 3.15. The first-order chi connectivity index (χ1) is 14.5. The number of ether oxygens (including phenoxy) is 2. The molecular weight excluding hydrogens is 383 g/mol. The summed E-state index contributed by atoms with van der Waals surface area (Å²) in [4.78, 5) is 12.5. The van der Waals surface area contributed by atoms with E-state index in [4.69, 9.17) is 14.6 Å². The number of aliphatic hydroxyl groups is 1. The predicted octanol–water partition coefficient (Wildman–Crippen LogP) is 5.31. The maximum atomic E-state index is 13.9. The van der Waals surface area contributed by atoms with Gasteiger partial charge in [0, 0.05) is 18.6 Å². The number of halogens is 1. The second-order valence-corrected chi connectivity index (χ2v) is 7.17. The van der Waals surface area contributed by atoms with Crippen LogP contribution in [0.2, 0.25) is 0 Å². The fourth-order valence-corrected chi connectivity index (χ4v) is 3.15. The van der Waals surface area contributed by atoms with Crippen molar-refractivity contribution in [3.63, 3.8) is 0 Å². The van der Waals surface area contributed by atoms with Gasteiger partial charge in [-0.3, -0.25) is 0 Å². The maximum Gasteiger partial charge on any atom is 0.338 e. The summed E-state index contributed by atoms with van der Waals surface area (Å²) in [6.45, 7) is 3.87. The summed E-state index contributed by atoms with van der Waals surface area (Å²) in [7, 11) is 0. The number of aryl methyl sites for hydroxylation is 1. The minimum Gasteiger partial charge on any atom is -0.490 e. The molecule has 0 aliphatic heterocycles. The van der Waals surface area contributed by atoms with Crippen LogP contribution in [0.3, 0.4) is 0 Å². The summed E-state index contributed by atoms with van der Waals surface area (Å²) < 4.78 is 25.2. The molecule has 0 heterocycles. The topological polar surface area (TPSA) is 55.8 Å². The van der Waals surface area contributed by atoms with Gasteiger partial charge in [0.05, 0.1) is 11.7 Å². The molecule has 0 aliphatic rings. The molecule has 0 unspecified atom stereocenters. The van der Waals surface area contributed by atoms with Crippen LogP contribution in [0.4, 0.5) is 4.39 Å². The Morgan fingerprint density at radius 3 is 2.53 bits per heavy atom. The number of hydrogen-bond donors (Lipinski definition) is 1. The molecule has 4 nitrogen and oxygen atoms in total. The zero-order valence-electron chi connectivity index (χ0n) is 17.1. The molecule has 30 heavy (non-hydrogen) atoms. The Bertz CT molecular complexity index is 1000. The van der Waals surface area contributed by atoms with E-state index in [1.165, 1.54) is 12.1 Å². The maximum absolute atomic E-state index is 13.9. The molecule has 3 aromatic rings. The summed E-state index contributed by atoms with van der Waals surface area (Å²) in [5.41, 5.74) is 3.43. The van der Waals surface area contributed by atoms with E-state index in [1.54, 1.807) is 18.2 Å². The Hall–Kier alpha value is -3.18. The third-order valence-corrected chi connectivity index (χ3v) is 4.78. The zero-order valence-corrected chi connectivity index (χ0v) is 17.1. The number of aliphatic hydroxyl groups excluding tert-OH is 1. The highest BCUT2D eigenvalue weighted by Crippen LogP contribution is 2.33. The summed E-state index contributed by atoms with van der Waals surface area (Å²) in [5, 5.41) is 9.10. The van der Waals surface area contributed by atoms with Crippen LogP contribution in [0.5, 0.6) is 5.75 Å². The van der Waals surface area contributed by atoms with Gasteiger partial charge in [0.25, 0.3) is 0 Å². The molecule has 1 atom stereocenters. The van der Waals surface area contributed by atoms with E-state index < -0.39 is 5.97 Å². The molecule has 1 N–H and O–H groups in total. The van der Waals surface area contributed by atoms with Crippen molar-refractivity contribution in [1.82, 2.24) is 0 Å². The molecule has 0 spiro atoms. The van der Waals surface area contributed by atoms with Crippen LogP contribution in [0.25, 0.3) is 11.1 Å². The molecule has 0 saturated heterocycles. The first-order valence-electron chi connectivity index (χ1n) is 9.87. The van der Waals surface area contributed by atoms with Gasteiger partial charge in [0.2, 0.25) is 0 Å². The van der Waals surface area contributed by atoms with Crippen LogP contribution in [0.15, 0.2) is 66.7 Å². The summed E-state index contributed by atoms with van der Waals surface area (Å²) in [6.07, 6.45) is 0.259. The highest BCUT2D eigenvalue weighted by molar-refractivity contribution is 5.92. The van der Waals surface area contributed by atoms with Gasteiger partial charge in [-0.05, 0) is 54.8 Å². The lowest BCUT2D eigenvalue weighted by molar-refractivity contribution is 0.0472. The first-order valence-corrected chi connectivity index (χ1v) is 9.87. The van der Waals surface area contributed by atoms with Gasteiger partial charge in [-0.1, -0.05) is 42.5 Å². The minimum atomic E-state index is -0.407. The van der Waals surface area contributed by atoms with Gasteiger partial charge < -0.3 is 14.6 Å². The van der Waals surface area contributed by atoms with Crippen molar-refractivity contribution in [2.75, 3.05) is 6.61 Å². The summed E-state index contributed by atoms with van der Waals surface area (Å²) in [5.74, 6) is -0.262. The van der Waals surface area contributed by atoms with Crippen molar-refractivity contribution >= 4 is 5.97 Å². The highest BCUT2D eigenvalue weighted by Gasteiger charge is 2.15. The Morgan fingerprint density at radius 2 is 1.83 bits per heavy atom. The second kappa shape index (κ2) is 10.0. The van der Waals surface area contributed by atoms with E-state index in [1.807, 2.05) is 50.2 Å². The smallest absolute Gasteiger partial charge is 0.338 e. The standard InChI is InChI=1S/C25H25FO4/c1-17-14-20(23-15-21(26)9-11-24(23)30-18(2)12-13-27)8-10-22(17)25(28)29-16-19-6-4-3-5-7-19/h3-11,14-15,18,27H,12-13,16H2,1-2H3/t18-/m1/s1. The average molecular weight is 408 g/mol. The number of benzene rings is 3. The average Bonchev–Trinajstić information content (AvgIpc) is 2.74. The van der Waals surface area contributed by atoms with E-state index in [0.717, 1.165) is 16.7 Å². The van der Waals surface area contributed by atoms with E-state index >= 15 is 0 Å². The third-order valence-electron chi connectivity index (χ3n) is 4.78. The number of esters is 1. The Balaban J connectivity index is 1.81. The molecule has 0 bridgehead atoms. The van der Waals surface area contributed by atoms with Gasteiger partial charge in [0.15, 0.2) is 0 Å². The van der Waals surface area contributed by atoms with Crippen molar-refractivity contribution in [1.29, 1.82) is 0 Å². The first kappa shape index (κ1) is 21.5. The molecule has 156 valence electrons. The largest absolute Gasteiger partial charge is 0.490 e. The van der Waals surface area contributed by atoms with E-state index in [2.05, 4.69) is 0 Å². The SMILES string of the molecule is Cc1cc(-c2cc(F)ccc2O[C@H](C)CCO)ccc1C(=O)OCc1ccccc1. The van der Waals surface area contributed by atoms with Crippen molar-refractivity contribution in [2.24, 2.45) is 0 Å². The van der Waals surface area contributed by atoms with Gasteiger partial charge in [-0.25, -0.2) is 9.18 Å². The van der Waals surface area contributed by atoms with Crippen LogP contribution >= 0.6 is 0 Å². The van der Waals surface area contributed by atoms with Crippen molar-refractivity contribution in [2.45, 2.75) is 33.0 Å². The van der Waals surface area contributed by atoms with Crippen molar-refractivity contribution < 1.29 is 23.8 Å². The normalized spacial score (nSPS) is 11.7. The zero-order chi connectivity index (χ0) is 21.5.